The molecule has 3 rings (SSSR count). The second-order valence-corrected chi connectivity index (χ2v) is 4.79. The number of fused-ring (bicyclic) bond motifs is 1. The highest BCUT2D eigenvalue weighted by atomic mass is 35.5. The lowest BCUT2D eigenvalue weighted by atomic mass is 9.99. The molecule has 2 nitrogen and oxygen atoms in total. The first-order valence-electron chi connectivity index (χ1n) is 5.91. The molecule has 0 N–H and O–H groups in total. The largest absolute Gasteiger partial charge is 0.492 e. The zero-order chi connectivity index (χ0) is 13.4. The van der Waals surface area contributed by atoms with Crippen LogP contribution in [0.2, 0.25) is 5.02 Å². The first-order chi connectivity index (χ1) is 9.16. The van der Waals surface area contributed by atoms with E-state index in [0.717, 1.165) is 5.56 Å². The fourth-order valence-corrected chi connectivity index (χ4v) is 2.47. The maximum absolute atomic E-state index is 13.7. The van der Waals surface area contributed by atoms with Crippen molar-refractivity contribution in [2.45, 2.75) is 6.42 Å². The fourth-order valence-electron chi connectivity index (χ4n) is 2.23. The van der Waals surface area contributed by atoms with Crippen molar-refractivity contribution in [3.05, 3.63) is 63.9 Å². The predicted molar refractivity (Wildman–Crippen MR) is 70.5 cm³/mol. The molecule has 0 atom stereocenters. The number of carbonyl (C=O) groups excluding carboxylic acids is 1. The van der Waals surface area contributed by atoms with Crippen LogP contribution < -0.4 is 4.74 Å². The summed E-state index contributed by atoms with van der Waals surface area (Å²) in [7, 11) is 0. The quantitative estimate of drug-likeness (QED) is 0.783. The van der Waals surface area contributed by atoms with Gasteiger partial charge in [-0.15, -0.1) is 0 Å². The van der Waals surface area contributed by atoms with Gasteiger partial charge in [0.15, 0.2) is 5.78 Å². The molecule has 4 heteroatoms. The van der Waals surface area contributed by atoms with Gasteiger partial charge in [-0.05, 0) is 29.8 Å². The van der Waals surface area contributed by atoms with E-state index in [9.17, 15) is 9.18 Å². The highest BCUT2D eigenvalue weighted by molar-refractivity contribution is 6.31. The lowest BCUT2D eigenvalue weighted by Gasteiger charge is -2.08. The topological polar surface area (TPSA) is 26.3 Å². The van der Waals surface area contributed by atoms with Gasteiger partial charge in [-0.1, -0.05) is 23.7 Å². The molecule has 2 aromatic rings. The summed E-state index contributed by atoms with van der Waals surface area (Å²) in [5, 5.41) is 0.462. The minimum absolute atomic E-state index is 0.0301. The Morgan fingerprint density at radius 1 is 1.21 bits per heavy atom. The number of hydrogen-bond donors (Lipinski definition) is 0. The Kier molecular flexibility index (Phi) is 2.99. The minimum Gasteiger partial charge on any atom is -0.492 e. The lowest BCUT2D eigenvalue weighted by Crippen LogP contribution is -2.06. The summed E-state index contributed by atoms with van der Waals surface area (Å²) >= 11 is 6.00. The van der Waals surface area contributed by atoms with Gasteiger partial charge in [-0.3, -0.25) is 4.79 Å². The normalized spacial score (nSPS) is 12.9. The Labute approximate surface area is 114 Å². The van der Waals surface area contributed by atoms with Gasteiger partial charge in [0, 0.05) is 11.4 Å². The molecule has 0 aliphatic carbocycles. The SMILES string of the molecule is O=C(c1ccccc1F)c1cc(Cl)cc2c1OCC2. The summed E-state index contributed by atoms with van der Waals surface area (Å²) < 4.78 is 19.1. The summed E-state index contributed by atoms with van der Waals surface area (Å²) in [6, 6.07) is 9.20. The van der Waals surface area contributed by atoms with E-state index in [0.29, 0.717) is 29.4 Å². The van der Waals surface area contributed by atoms with Crippen LogP contribution in [0.15, 0.2) is 36.4 Å². The number of hydrogen-bond acceptors (Lipinski definition) is 2. The van der Waals surface area contributed by atoms with Gasteiger partial charge < -0.3 is 4.74 Å². The van der Waals surface area contributed by atoms with Crippen LogP contribution in [0, 0.1) is 5.82 Å². The smallest absolute Gasteiger partial charge is 0.199 e. The second-order valence-electron chi connectivity index (χ2n) is 4.35. The molecule has 2 aromatic carbocycles. The summed E-state index contributed by atoms with van der Waals surface area (Å²) in [5.74, 6) is -0.421. The molecule has 0 bridgehead atoms. The molecule has 1 aliphatic rings. The van der Waals surface area contributed by atoms with E-state index in [2.05, 4.69) is 0 Å². The van der Waals surface area contributed by atoms with Gasteiger partial charge >= 0.3 is 0 Å². The number of halogens is 2. The predicted octanol–water partition coefficient (Wildman–Crippen LogP) is 3.65. The van der Waals surface area contributed by atoms with Crippen molar-refractivity contribution in [3.63, 3.8) is 0 Å². The van der Waals surface area contributed by atoms with Crippen LogP contribution >= 0.6 is 11.6 Å². The third-order valence-electron chi connectivity index (χ3n) is 3.11. The maximum atomic E-state index is 13.7. The van der Waals surface area contributed by atoms with Crippen LogP contribution in [0.4, 0.5) is 4.39 Å². The van der Waals surface area contributed by atoms with Gasteiger partial charge in [-0.2, -0.15) is 0 Å². The zero-order valence-corrected chi connectivity index (χ0v) is 10.7. The molecule has 0 amide bonds. The van der Waals surface area contributed by atoms with Crippen LogP contribution in [0.3, 0.4) is 0 Å². The number of carbonyl (C=O) groups is 1. The van der Waals surface area contributed by atoms with Crippen LogP contribution in [-0.2, 0) is 6.42 Å². The van der Waals surface area contributed by atoms with E-state index >= 15 is 0 Å². The van der Waals surface area contributed by atoms with Crippen LogP contribution in [0.5, 0.6) is 5.75 Å². The average Bonchev–Trinajstić information content (AvgIpc) is 2.85. The Morgan fingerprint density at radius 2 is 2.00 bits per heavy atom. The Morgan fingerprint density at radius 3 is 2.79 bits per heavy atom. The molecule has 1 heterocycles. The highest BCUT2D eigenvalue weighted by Crippen LogP contribution is 2.34. The molecule has 0 spiro atoms. The van der Waals surface area contributed by atoms with Crippen molar-refractivity contribution in [3.8, 4) is 5.75 Å². The molecule has 0 aromatic heterocycles. The first kappa shape index (κ1) is 12.2. The molecule has 1 aliphatic heterocycles. The molecule has 0 saturated heterocycles. The summed E-state index contributed by atoms with van der Waals surface area (Å²) in [4.78, 5) is 12.4. The van der Waals surface area contributed by atoms with E-state index in [1.165, 1.54) is 18.2 Å². The summed E-state index contributed by atoms with van der Waals surface area (Å²) in [6.45, 7) is 0.521. The third-order valence-corrected chi connectivity index (χ3v) is 3.33. The Bertz CT molecular complexity index is 667. The molecular formula is C15H10ClFO2. The third kappa shape index (κ3) is 2.10. The molecule has 19 heavy (non-hydrogen) atoms. The van der Waals surface area contributed by atoms with Crippen LogP contribution in [0.25, 0.3) is 0 Å². The standard InChI is InChI=1S/C15H10ClFO2/c16-10-7-9-5-6-19-15(9)12(8-10)14(18)11-3-1-2-4-13(11)17/h1-4,7-8H,5-6H2. The van der Waals surface area contributed by atoms with E-state index in [1.54, 1.807) is 18.2 Å². The Hall–Kier alpha value is -1.87. The summed E-state index contributed by atoms with van der Waals surface area (Å²) in [6.07, 6.45) is 0.716. The van der Waals surface area contributed by atoms with Crippen molar-refractivity contribution in [1.29, 1.82) is 0 Å². The van der Waals surface area contributed by atoms with Crippen molar-refractivity contribution in [2.24, 2.45) is 0 Å². The van der Waals surface area contributed by atoms with Gasteiger partial charge in [0.25, 0.3) is 0 Å². The molecule has 0 unspecified atom stereocenters. The second kappa shape index (κ2) is 4.67. The van der Waals surface area contributed by atoms with Crippen molar-refractivity contribution >= 4 is 17.4 Å². The van der Waals surface area contributed by atoms with Crippen LogP contribution in [0.1, 0.15) is 21.5 Å². The van der Waals surface area contributed by atoms with Gasteiger partial charge in [0.2, 0.25) is 0 Å². The van der Waals surface area contributed by atoms with Gasteiger partial charge in [-0.25, -0.2) is 4.39 Å². The zero-order valence-electron chi connectivity index (χ0n) is 9.95. The summed E-state index contributed by atoms with van der Waals surface area (Å²) in [5.41, 5.74) is 1.25. The molecular weight excluding hydrogens is 267 g/mol. The molecule has 0 radical (unpaired) electrons. The monoisotopic (exact) mass is 276 g/mol. The van der Waals surface area contributed by atoms with E-state index in [1.807, 2.05) is 0 Å². The Balaban J connectivity index is 2.13. The lowest BCUT2D eigenvalue weighted by molar-refractivity contribution is 0.103. The number of benzene rings is 2. The van der Waals surface area contributed by atoms with Crippen LogP contribution in [-0.4, -0.2) is 12.4 Å². The average molecular weight is 277 g/mol. The maximum Gasteiger partial charge on any atom is 0.199 e. The van der Waals surface area contributed by atoms with Crippen molar-refractivity contribution < 1.29 is 13.9 Å². The number of ether oxygens (including phenoxy) is 1. The van der Waals surface area contributed by atoms with Gasteiger partial charge in [0.05, 0.1) is 17.7 Å². The minimum atomic E-state index is -0.542. The van der Waals surface area contributed by atoms with E-state index in [-0.39, 0.29) is 5.56 Å². The van der Waals surface area contributed by atoms with E-state index < -0.39 is 11.6 Å². The first-order valence-corrected chi connectivity index (χ1v) is 6.29. The van der Waals surface area contributed by atoms with Gasteiger partial charge in [0.1, 0.15) is 11.6 Å². The molecule has 0 saturated carbocycles. The molecule has 0 fully saturated rings. The van der Waals surface area contributed by atoms with Crippen molar-refractivity contribution in [2.75, 3.05) is 6.61 Å². The number of rotatable bonds is 2. The fraction of sp³-hybridized carbons (Fsp3) is 0.133. The highest BCUT2D eigenvalue weighted by Gasteiger charge is 2.24. The molecule has 96 valence electrons. The number of ketones is 1. The van der Waals surface area contributed by atoms with E-state index in [4.69, 9.17) is 16.3 Å². The van der Waals surface area contributed by atoms with Crippen molar-refractivity contribution in [1.82, 2.24) is 0 Å².